The number of likely N-dealkylation sites (tertiary alicyclic amines) is 1. The number of nitrogens with zero attached hydrogens (tertiary/aromatic N) is 2. The van der Waals surface area contributed by atoms with Crippen molar-refractivity contribution in [1.82, 2.24) is 4.90 Å². The van der Waals surface area contributed by atoms with Gasteiger partial charge in [0, 0.05) is 30.7 Å². The summed E-state index contributed by atoms with van der Waals surface area (Å²) in [6.45, 7) is 9.96. The van der Waals surface area contributed by atoms with Crippen LogP contribution in [0.15, 0.2) is 54.6 Å². The lowest BCUT2D eigenvalue weighted by Gasteiger charge is -2.39. The molecule has 3 nitrogen and oxygen atoms in total. The van der Waals surface area contributed by atoms with Crippen LogP contribution in [0.3, 0.4) is 0 Å². The fourth-order valence-corrected chi connectivity index (χ4v) is 4.81. The lowest BCUT2D eigenvalue weighted by Crippen LogP contribution is -2.42. The minimum absolute atomic E-state index is 0.282. The molecule has 1 atom stereocenters. The van der Waals surface area contributed by atoms with Crippen LogP contribution < -0.4 is 4.90 Å². The molecule has 2 fully saturated rings. The van der Waals surface area contributed by atoms with Gasteiger partial charge >= 0.3 is 0 Å². The minimum atomic E-state index is -0.682. The minimum Gasteiger partial charge on any atom is -0.385 e. The largest absolute Gasteiger partial charge is 0.385 e. The third-order valence-electron chi connectivity index (χ3n) is 6.83. The molecule has 0 aromatic heterocycles. The van der Waals surface area contributed by atoms with Crippen molar-refractivity contribution in [3.05, 3.63) is 65.7 Å². The van der Waals surface area contributed by atoms with Crippen LogP contribution >= 0.6 is 0 Å². The highest BCUT2D eigenvalue weighted by molar-refractivity contribution is 5.49. The summed E-state index contributed by atoms with van der Waals surface area (Å²) in [5.41, 5.74) is 3.39. The number of hydrogen-bond acceptors (Lipinski definition) is 3. The molecule has 2 heterocycles. The Bertz CT molecular complexity index is 750. The van der Waals surface area contributed by atoms with Gasteiger partial charge in [-0.15, -0.1) is 0 Å². The van der Waals surface area contributed by atoms with Crippen molar-refractivity contribution in [3.63, 3.8) is 0 Å². The van der Waals surface area contributed by atoms with E-state index >= 15 is 0 Å². The van der Waals surface area contributed by atoms with Gasteiger partial charge in [0.15, 0.2) is 0 Å². The average molecular weight is 365 g/mol. The van der Waals surface area contributed by atoms with Crippen molar-refractivity contribution in [2.45, 2.75) is 44.1 Å². The van der Waals surface area contributed by atoms with Gasteiger partial charge in [-0.2, -0.15) is 0 Å². The fraction of sp³-hybridized carbons (Fsp3) is 0.500. The Morgan fingerprint density at radius 1 is 0.852 bits per heavy atom. The smallest absolute Gasteiger partial charge is 0.0930 e. The Labute approximate surface area is 163 Å². The molecule has 2 aromatic carbocycles. The second-order valence-electron chi connectivity index (χ2n) is 8.61. The molecule has 1 unspecified atom stereocenters. The second-order valence-corrected chi connectivity index (χ2v) is 8.61. The van der Waals surface area contributed by atoms with Crippen molar-refractivity contribution < 1.29 is 5.11 Å². The van der Waals surface area contributed by atoms with E-state index in [1.54, 1.807) is 0 Å². The molecule has 144 valence electrons. The number of rotatable bonds is 4. The molecule has 2 aliphatic rings. The highest BCUT2D eigenvalue weighted by Gasteiger charge is 2.36. The van der Waals surface area contributed by atoms with E-state index in [1.807, 2.05) is 30.3 Å². The Hall–Kier alpha value is -1.84. The predicted molar refractivity (Wildman–Crippen MR) is 112 cm³/mol. The highest BCUT2D eigenvalue weighted by atomic mass is 16.3. The van der Waals surface area contributed by atoms with Crippen LogP contribution in [0.4, 0.5) is 5.69 Å². The van der Waals surface area contributed by atoms with Crippen molar-refractivity contribution in [2.75, 3.05) is 37.6 Å². The maximum atomic E-state index is 11.0. The molecule has 0 saturated carbocycles. The van der Waals surface area contributed by atoms with Crippen molar-refractivity contribution in [2.24, 2.45) is 0 Å². The van der Waals surface area contributed by atoms with Gasteiger partial charge in [0.1, 0.15) is 0 Å². The van der Waals surface area contributed by atoms with Crippen LogP contribution in [0.2, 0.25) is 0 Å². The van der Waals surface area contributed by atoms with E-state index in [0.717, 1.165) is 44.6 Å². The van der Waals surface area contributed by atoms with Crippen LogP contribution in [0.25, 0.3) is 0 Å². The van der Waals surface area contributed by atoms with E-state index in [9.17, 15) is 5.11 Å². The third-order valence-corrected chi connectivity index (χ3v) is 6.83. The first-order valence-corrected chi connectivity index (χ1v) is 10.4. The van der Waals surface area contributed by atoms with E-state index in [0.29, 0.717) is 0 Å². The second kappa shape index (κ2) is 7.29. The van der Waals surface area contributed by atoms with Gasteiger partial charge < -0.3 is 14.9 Å². The number of aliphatic hydroxyl groups is 1. The number of piperidine rings is 1. The van der Waals surface area contributed by atoms with Crippen molar-refractivity contribution in [3.8, 4) is 0 Å². The Kier molecular flexibility index (Phi) is 5.00. The zero-order chi connectivity index (χ0) is 18.9. The van der Waals surface area contributed by atoms with Crippen LogP contribution in [0.5, 0.6) is 0 Å². The van der Waals surface area contributed by atoms with E-state index < -0.39 is 5.60 Å². The molecule has 0 aliphatic carbocycles. The van der Waals surface area contributed by atoms with Gasteiger partial charge in [-0.05, 0) is 55.6 Å². The molecule has 27 heavy (non-hydrogen) atoms. The number of benzene rings is 2. The van der Waals surface area contributed by atoms with Crippen LogP contribution in [-0.4, -0.2) is 42.7 Å². The van der Waals surface area contributed by atoms with Gasteiger partial charge in [-0.1, -0.05) is 56.3 Å². The third kappa shape index (κ3) is 3.63. The number of likely N-dealkylation sites (N-methyl/N-ethyl adjacent to an activating group) is 1. The van der Waals surface area contributed by atoms with Crippen LogP contribution in [0, 0.1) is 0 Å². The highest BCUT2D eigenvalue weighted by Crippen LogP contribution is 2.37. The molecule has 4 rings (SSSR count). The Morgan fingerprint density at radius 3 is 2.11 bits per heavy atom. The predicted octanol–water partition coefficient (Wildman–Crippen LogP) is 4.16. The average Bonchev–Trinajstić information content (AvgIpc) is 3.12. The normalized spacial score (nSPS) is 25.7. The van der Waals surface area contributed by atoms with Crippen molar-refractivity contribution >= 4 is 5.69 Å². The van der Waals surface area contributed by atoms with E-state index in [1.165, 1.54) is 24.2 Å². The van der Waals surface area contributed by atoms with Crippen molar-refractivity contribution in [1.29, 1.82) is 0 Å². The molecule has 1 N–H and O–H groups in total. The molecule has 2 aliphatic heterocycles. The summed E-state index contributed by atoms with van der Waals surface area (Å²) in [7, 11) is 0. The van der Waals surface area contributed by atoms with E-state index in [4.69, 9.17) is 0 Å². The van der Waals surface area contributed by atoms with E-state index in [-0.39, 0.29) is 5.41 Å². The first-order chi connectivity index (χ1) is 13.0. The van der Waals surface area contributed by atoms with Crippen LogP contribution in [0.1, 0.15) is 44.2 Å². The van der Waals surface area contributed by atoms with Gasteiger partial charge in [0.2, 0.25) is 0 Å². The quantitative estimate of drug-likeness (QED) is 0.882. The van der Waals surface area contributed by atoms with Gasteiger partial charge in [0.25, 0.3) is 0 Å². The fourth-order valence-electron chi connectivity index (χ4n) is 4.81. The lowest BCUT2D eigenvalue weighted by molar-refractivity contribution is 0.0118. The SMILES string of the molecule is CCN1CCC(C)(c2ccc(N3CCC(O)(c4ccccc4)CC3)cc2)C1. The molecule has 0 spiro atoms. The Balaban J connectivity index is 1.42. The maximum Gasteiger partial charge on any atom is 0.0930 e. The molecule has 3 heteroatoms. The van der Waals surface area contributed by atoms with Gasteiger partial charge in [0.05, 0.1) is 5.60 Å². The van der Waals surface area contributed by atoms with Gasteiger partial charge in [-0.25, -0.2) is 0 Å². The summed E-state index contributed by atoms with van der Waals surface area (Å²) in [6, 6.07) is 19.3. The Morgan fingerprint density at radius 2 is 1.52 bits per heavy atom. The molecule has 2 aromatic rings. The lowest BCUT2D eigenvalue weighted by atomic mass is 9.81. The standard InChI is InChI=1S/C24H32N2O/c1-3-25-16-13-23(2,19-25)20-9-11-22(12-10-20)26-17-14-24(27,15-18-26)21-7-5-4-6-8-21/h4-12,27H,3,13-19H2,1-2H3. The first kappa shape index (κ1) is 18.5. The van der Waals surface area contributed by atoms with E-state index in [2.05, 4.69) is 47.9 Å². The summed E-state index contributed by atoms with van der Waals surface area (Å²) < 4.78 is 0. The number of hydrogen-bond donors (Lipinski definition) is 1. The molecular formula is C24H32N2O. The zero-order valence-electron chi connectivity index (χ0n) is 16.7. The molecule has 2 saturated heterocycles. The summed E-state index contributed by atoms with van der Waals surface area (Å²) in [5, 5.41) is 11.0. The topological polar surface area (TPSA) is 26.7 Å². The maximum absolute atomic E-state index is 11.0. The summed E-state index contributed by atoms with van der Waals surface area (Å²) in [6.07, 6.45) is 2.80. The molecule has 0 radical (unpaired) electrons. The summed E-state index contributed by atoms with van der Waals surface area (Å²) in [4.78, 5) is 4.96. The monoisotopic (exact) mass is 364 g/mol. The molecular weight excluding hydrogens is 332 g/mol. The number of anilines is 1. The van der Waals surface area contributed by atoms with Gasteiger partial charge in [-0.3, -0.25) is 0 Å². The molecule has 0 bridgehead atoms. The first-order valence-electron chi connectivity index (χ1n) is 10.4. The summed E-state index contributed by atoms with van der Waals surface area (Å²) in [5.74, 6) is 0. The van der Waals surface area contributed by atoms with Crippen LogP contribution in [-0.2, 0) is 11.0 Å². The molecule has 0 amide bonds. The summed E-state index contributed by atoms with van der Waals surface area (Å²) >= 11 is 0. The zero-order valence-corrected chi connectivity index (χ0v) is 16.7.